The van der Waals surface area contributed by atoms with Crippen LogP contribution in [0.5, 0.6) is 5.75 Å². The summed E-state index contributed by atoms with van der Waals surface area (Å²) in [4.78, 5) is 0. The molecule has 0 unspecified atom stereocenters. The highest BCUT2D eigenvalue weighted by molar-refractivity contribution is 5.72. The maximum absolute atomic E-state index is 10.4. The molecule has 138 valence electrons. The van der Waals surface area contributed by atoms with Crippen LogP contribution in [0.4, 0.5) is 0 Å². The zero-order valence-electron chi connectivity index (χ0n) is 16.3. The average Bonchev–Trinajstić information content (AvgIpc) is 2.75. The van der Waals surface area contributed by atoms with E-state index in [2.05, 4.69) is 68.4 Å². The van der Waals surface area contributed by atoms with Gasteiger partial charge in [0, 0.05) is 11.0 Å². The van der Waals surface area contributed by atoms with E-state index in [9.17, 15) is 5.11 Å². The smallest absolute Gasteiger partial charge is 0.123 e. The molecule has 0 aliphatic rings. The Morgan fingerprint density at radius 2 is 1.11 bits per heavy atom. The predicted octanol–water partition coefficient (Wildman–Crippen LogP) is 7.05. The van der Waals surface area contributed by atoms with Crippen LogP contribution in [0.2, 0.25) is 0 Å². The Morgan fingerprint density at radius 3 is 1.79 bits per heavy atom. The summed E-state index contributed by atoms with van der Waals surface area (Å²) >= 11 is 0. The Balaban J connectivity index is 1.77. The van der Waals surface area contributed by atoms with Gasteiger partial charge in [-0.25, -0.2) is 0 Å². The van der Waals surface area contributed by atoms with E-state index in [1.807, 2.05) is 42.5 Å². The highest BCUT2D eigenvalue weighted by atomic mass is 16.3. The molecule has 1 N–H and O–H groups in total. The van der Waals surface area contributed by atoms with Crippen molar-refractivity contribution in [1.82, 2.24) is 0 Å². The lowest BCUT2D eigenvalue weighted by Gasteiger charge is -2.27. The van der Waals surface area contributed by atoms with E-state index in [-0.39, 0.29) is 5.41 Å². The van der Waals surface area contributed by atoms with Crippen molar-refractivity contribution in [3.05, 3.63) is 114 Å². The van der Waals surface area contributed by atoms with Crippen molar-refractivity contribution in [3.8, 4) is 28.0 Å². The van der Waals surface area contributed by atoms with Crippen LogP contribution < -0.4 is 0 Å². The van der Waals surface area contributed by atoms with Gasteiger partial charge >= 0.3 is 0 Å². The van der Waals surface area contributed by atoms with Gasteiger partial charge in [0.2, 0.25) is 0 Å². The molecular weight excluding hydrogens is 340 g/mol. The minimum absolute atomic E-state index is 0.192. The molecule has 0 fully saturated rings. The SMILES string of the molecule is CC(C)(c1cccc(-c2ccccc2)c1)c1ccc(O)c(-c2ccccc2)c1. The largest absolute Gasteiger partial charge is 0.507 e. The van der Waals surface area contributed by atoms with Gasteiger partial charge in [-0.05, 0) is 39.9 Å². The van der Waals surface area contributed by atoms with Gasteiger partial charge in [-0.15, -0.1) is 0 Å². The van der Waals surface area contributed by atoms with Gasteiger partial charge in [0.05, 0.1) is 0 Å². The number of hydrogen-bond donors (Lipinski definition) is 1. The van der Waals surface area contributed by atoms with Gasteiger partial charge in [-0.1, -0.05) is 105 Å². The van der Waals surface area contributed by atoms with Gasteiger partial charge in [0.15, 0.2) is 0 Å². The van der Waals surface area contributed by atoms with Crippen LogP contribution in [0.3, 0.4) is 0 Å². The summed E-state index contributed by atoms with van der Waals surface area (Å²) in [5.41, 5.74) is 6.56. The Kier molecular flexibility index (Phi) is 4.75. The molecule has 0 spiro atoms. The summed E-state index contributed by atoms with van der Waals surface area (Å²) < 4.78 is 0. The molecule has 0 radical (unpaired) electrons. The molecular formula is C27H24O. The fraction of sp³-hybridized carbons (Fsp3) is 0.111. The molecule has 0 aliphatic heterocycles. The summed E-state index contributed by atoms with van der Waals surface area (Å²) in [6.45, 7) is 4.47. The number of aromatic hydroxyl groups is 1. The Morgan fingerprint density at radius 1 is 0.536 bits per heavy atom. The quantitative estimate of drug-likeness (QED) is 0.411. The first-order valence-corrected chi connectivity index (χ1v) is 9.60. The molecule has 0 amide bonds. The van der Waals surface area contributed by atoms with Crippen LogP contribution >= 0.6 is 0 Å². The lowest BCUT2D eigenvalue weighted by molar-refractivity contribution is 0.476. The second-order valence-corrected chi connectivity index (χ2v) is 7.67. The first kappa shape index (κ1) is 18.1. The Bertz CT molecular complexity index is 1080. The molecule has 0 heterocycles. The van der Waals surface area contributed by atoms with Crippen molar-refractivity contribution in [2.45, 2.75) is 19.3 Å². The van der Waals surface area contributed by atoms with Crippen LogP contribution in [0.25, 0.3) is 22.3 Å². The highest BCUT2D eigenvalue weighted by Gasteiger charge is 2.24. The van der Waals surface area contributed by atoms with E-state index >= 15 is 0 Å². The molecule has 4 rings (SSSR count). The second kappa shape index (κ2) is 7.36. The molecule has 1 heteroatoms. The zero-order chi connectivity index (χ0) is 19.6. The number of phenolic OH excluding ortho intramolecular Hbond substituents is 1. The fourth-order valence-electron chi connectivity index (χ4n) is 3.66. The molecule has 0 atom stereocenters. The third kappa shape index (κ3) is 3.44. The summed E-state index contributed by atoms with van der Waals surface area (Å²) in [6, 6.07) is 35.2. The molecule has 0 aliphatic carbocycles. The van der Waals surface area contributed by atoms with Gasteiger partial charge in [-0.2, -0.15) is 0 Å². The van der Waals surface area contributed by atoms with Gasteiger partial charge in [-0.3, -0.25) is 0 Å². The minimum Gasteiger partial charge on any atom is -0.507 e. The lowest BCUT2D eigenvalue weighted by atomic mass is 9.76. The number of benzene rings is 4. The highest BCUT2D eigenvalue weighted by Crippen LogP contribution is 2.38. The Labute approximate surface area is 166 Å². The normalized spacial score (nSPS) is 11.4. The van der Waals surface area contributed by atoms with Crippen molar-refractivity contribution in [2.24, 2.45) is 0 Å². The van der Waals surface area contributed by atoms with Crippen molar-refractivity contribution in [1.29, 1.82) is 0 Å². The van der Waals surface area contributed by atoms with Crippen molar-refractivity contribution >= 4 is 0 Å². The van der Waals surface area contributed by atoms with Crippen LogP contribution in [0.15, 0.2) is 103 Å². The molecule has 0 aromatic heterocycles. The van der Waals surface area contributed by atoms with Crippen LogP contribution in [0, 0.1) is 0 Å². The summed E-state index contributed by atoms with van der Waals surface area (Å²) in [7, 11) is 0. The van der Waals surface area contributed by atoms with Crippen molar-refractivity contribution in [2.75, 3.05) is 0 Å². The molecule has 1 nitrogen and oxygen atoms in total. The van der Waals surface area contributed by atoms with Gasteiger partial charge < -0.3 is 5.11 Å². The van der Waals surface area contributed by atoms with Crippen LogP contribution in [-0.2, 0) is 5.41 Å². The molecule has 4 aromatic rings. The Hall–Kier alpha value is -3.32. The van der Waals surface area contributed by atoms with E-state index in [0.29, 0.717) is 5.75 Å². The third-order valence-corrected chi connectivity index (χ3v) is 5.49. The molecule has 28 heavy (non-hydrogen) atoms. The fourth-order valence-corrected chi connectivity index (χ4v) is 3.66. The van der Waals surface area contributed by atoms with Gasteiger partial charge in [0.1, 0.15) is 5.75 Å². The molecule has 0 saturated carbocycles. The number of rotatable bonds is 4. The zero-order valence-corrected chi connectivity index (χ0v) is 16.3. The van der Waals surface area contributed by atoms with Crippen LogP contribution in [-0.4, -0.2) is 5.11 Å². The summed E-state index contributed by atoms with van der Waals surface area (Å²) in [6.07, 6.45) is 0. The van der Waals surface area contributed by atoms with E-state index in [4.69, 9.17) is 0 Å². The number of phenols is 1. The van der Waals surface area contributed by atoms with E-state index in [1.54, 1.807) is 6.07 Å². The van der Waals surface area contributed by atoms with E-state index < -0.39 is 0 Å². The summed E-state index contributed by atoms with van der Waals surface area (Å²) in [5.74, 6) is 0.309. The van der Waals surface area contributed by atoms with Gasteiger partial charge in [0.25, 0.3) is 0 Å². The van der Waals surface area contributed by atoms with Crippen molar-refractivity contribution < 1.29 is 5.11 Å². The second-order valence-electron chi connectivity index (χ2n) is 7.67. The topological polar surface area (TPSA) is 20.2 Å². The van der Waals surface area contributed by atoms with E-state index in [1.165, 1.54) is 22.3 Å². The maximum Gasteiger partial charge on any atom is 0.123 e. The van der Waals surface area contributed by atoms with E-state index in [0.717, 1.165) is 11.1 Å². The lowest BCUT2D eigenvalue weighted by Crippen LogP contribution is -2.19. The molecule has 0 bridgehead atoms. The third-order valence-electron chi connectivity index (χ3n) is 5.49. The van der Waals surface area contributed by atoms with Crippen LogP contribution in [0.1, 0.15) is 25.0 Å². The van der Waals surface area contributed by atoms with Crippen molar-refractivity contribution in [3.63, 3.8) is 0 Å². The standard InChI is InChI=1S/C27H24O/c1-27(2,23-15-9-14-22(18-23)20-10-5-3-6-11-20)24-16-17-26(28)25(19-24)21-12-7-4-8-13-21/h3-19,28H,1-2H3. The first-order valence-electron chi connectivity index (χ1n) is 9.60. The monoisotopic (exact) mass is 364 g/mol. The molecule has 0 saturated heterocycles. The average molecular weight is 364 g/mol. The first-order chi connectivity index (χ1) is 13.6. The maximum atomic E-state index is 10.4. The summed E-state index contributed by atoms with van der Waals surface area (Å²) in [5, 5.41) is 10.4. The number of hydrogen-bond acceptors (Lipinski definition) is 1. The molecule has 4 aromatic carbocycles. The minimum atomic E-state index is -0.192. The predicted molar refractivity (Wildman–Crippen MR) is 118 cm³/mol.